The minimum Gasteiger partial charge on any atom is -0.291 e. The molecule has 0 amide bonds. The molecule has 0 unspecified atom stereocenters. The number of hydrogen-bond donors (Lipinski definition) is 0. The molecule has 94 valence electrons. The van der Waals surface area contributed by atoms with Crippen molar-refractivity contribution in [1.82, 2.24) is 9.78 Å². The summed E-state index contributed by atoms with van der Waals surface area (Å²) in [6, 6.07) is 8.07. The number of rotatable bonds is 4. The number of nitrogens with zero attached hydrogens (tertiary/aromatic N) is 2. The van der Waals surface area contributed by atoms with Crippen molar-refractivity contribution >= 4 is 33.5 Å². The SMILES string of the molecule is Cc1ccccc1SCC(=O)c1c(Br)cnn1C. The number of carbonyl (C=O) groups is 1. The van der Waals surface area contributed by atoms with Crippen LogP contribution in [-0.4, -0.2) is 21.3 Å². The highest BCUT2D eigenvalue weighted by Crippen LogP contribution is 2.24. The smallest absolute Gasteiger partial charge is 0.192 e. The van der Waals surface area contributed by atoms with Crippen LogP contribution in [0.15, 0.2) is 39.8 Å². The third kappa shape index (κ3) is 2.84. The van der Waals surface area contributed by atoms with Gasteiger partial charge in [0, 0.05) is 11.9 Å². The Labute approximate surface area is 119 Å². The van der Waals surface area contributed by atoms with E-state index in [4.69, 9.17) is 0 Å². The van der Waals surface area contributed by atoms with Crippen LogP contribution >= 0.6 is 27.7 Å². The summed E-state index contributed by atoms with van der Waals surface area (Å²) < 4.78 is 2.35. The number of Topliss-reactive ketones (excluding diaryl/α,β-unsaturated/α-hetero) is 1. The van der Waals surface area contributed by atoms with Gasteiger partial charge in [-0.2, -0.15) is 5.10 Å². The number of hydrogen-bond acceptors (Lipinski definition) is 3. The lowest BCUT2D eigenvalue weighted by Gasteiger charge is -2.05. The van der Waals surface area contributed by atoms with Gasteiger partial charge in [-0.15, -0.1) is 11.8 Å². The number of aryl methyl sites for hydroxylation is 2. The van der Waals surface area contributed by atoms with Gasteiger partial charge in [0.15, 0.2) is 5.78 Å². The molecule has 0 radical (unpaired) electrons. The first-order valence-electron chi connectivity index (χ1n) is 5.48. The fraction of sp³-hybridized carbons (Fsp3) is 0.231. The Morgan fingerprint density at radius 3 is 2.78 bits per heavy atom. The van der Waals surface area contributed by atoms with E-state index in [1.54, 1.807) is 29.7 Å². The van der Waals surface area contributed by atoms with Crippen LogP contribution in [0.4, 0.5) is 0 Å². The summed E-state index contributed by atoms with van der Waals surface area (Å²) in [6.07, 6.45) is 1.64. The van der Waals surface area contributed by atoms with Crippen molar-refractivity contribution in [3.05, 3.63) is 46.2 Å². The molecule has 1 aromatic carbocycles. The zero-order valence-electron chi connectivity index (χ0n) is 10.2. The summed E-state index contributed by atoms with van der Waals surface area (Å²) in [4.78, 5) is 13.3. The molecule has 1 heterocycles. The number of aromatic nitrogens is 2. The van der Waals surface area contributed by atoms with Gasteiger partial charge in [-0.3, -0.25) is 9.48 Å². The molecular formula is C13H13BrN2OS. The lowest BCUT2D eigenvalue weighted by atomic mass is 10.2. The molecule has 0 N–H and O–H groups in total. The maximum absolute atomic E-state index is 12.1. The fourth-order valence-electron chi connectivity index (χ4n) is 1.65. The van der Waals surface area contributed by atoms with E-state index in [0.717, 1.165) is 9.37 Å². The van der Waals surface area contributed by atoms with Gasteiger partial charge >= 0.3 is 0 Å². The molecule has 0 saturated carbocycles. The van der Waals surface area contributed by atoms with Gasteiger partial charge in [-0.25, -0.2) is 0 Å². The van der Waals surface area contributed by atoms with Gasteiger partial charge in [0.1, 0.15) is 5.69 Å². The van der Waals surface area contributed by atoms with Crippen molar-refractivity contribution in [1.29, 1.82) is 0 Å². The van der Waals surface area contributed by atoms with E-state index in [1.807, 2.05) is 31.2 Å². The molecule has 0 spiro atoms. The van der Waals surface area contributed by atoms with Crippen LogP contribution in [-0.2, 0) is 7.05 Å². The monoisotopic (exact) mass is 324 g/mol. The van der Waals surface area contributed by atoms with Crippen molar-refractivity contribution in [3.63, 3.8) is 0 Å². The summed E-state index contributed by atoms with van der Waals surface area (Å²) in [5, 5.41) is 4.05. The molecule has 1 aromatic heterocycles. The second kappa shape index (κ2) is 5.71. The Kier molecular flexibility index (Phi) is 4.24. The molecule has 5 heteroatoms. The summed E-state index contributed by atoms with van der Waals surface area (Å²) in [5.41, 5.74) is 1.82. The lowest BCUT2D eigenvalue weighted by Crippen LogP contribution is -2.09. The third-order valence-corrected chi connectivity index (χ3v) is 4.37. The average molecular weight is 325 g/mol. The Morgan fingerprint density at radius 2 is 2.17 bits per heavy atom. The first kappa shape index (κ1) is 13.4. The van der Waals surface area contributed by atoms with Gasteiger partial charge in [-0.1, -0.05) is 18.2 Å². The Morgan fingerprint density at radius 1 is 1.44 bits per heavy atom. The van der Waals surface area contributed by atoms with Crippen LogP contribution in [0.2, 0.25) is 0 Å². The molecule has 0 atom stereocenters. The predicted molar refractivity (Wildman–Crippen MR) is 77.1 cm³/mol. The van der Waals surface area contributed by atoms with E-state index in [1.165, 1.54) is 5.56 Å². The second-order valence-corrected chi connectivity index (χ2v) is 5.81. The largest absolute Gasteiger partial charge is 0.291 e. The van der Waals surface area contributed by atoms with E-state index in [2.05, 4.69) is 21.0 Å². The van der Waals surface area contributed by atoms with Gasteiger partial charge in [0.05, 0.1) is 16.4 Å². The molecule has 0 fully saturated rings. The zero-order chi connectivity index (χ0) is 13.1. The Balaban J connectivity index is 2.08. The summed E-state index contributed by atoms with van der Waals surface area (Å²) in [5.74, 6) is 0.498. The van der Waals surface area contributed by atoms with Gasteiger partial charge in [0.2, 0.25) is 0 Å². The number of carbonyl (C=O) groups excluding carboxylic acids is 1. The number of benzene rings is 1. The molecule has 2 rings (SSSR count). The first-order valence-corrected chi connectivity index (χ1v) is 7.26. The molecule has 0 aliphatic rings. The molecule has 2 aromatic rings. The number of thioether (sulfide) groups is 1. The highest BCUT2D eigenvalue weighted by molar-refractivity contribution is 9.10. The summed E-state index contributed by atoms with van der Waals surface area (Å²) in [7, 11) is 1.77. The fourth-order valence-corrected chi connectivity index (χ4v) is 3.12. The van der Waals surface area contributed by atoms with Crippen molar-refractivity contribution in [2.75, 3.05) is 5.75 Å². The van der Waals surface area contributed by atoms with E-state index in [9.17, 15) is 4.79 Å². The summed E-state index contributed by atoms with van der Waals surface area (Å²) >= 11 is 4.90. The maximum atomic E-state index is 12.1. The minimum atomic E-state index is 0.0788. The predicted octanol–water partition coefficient (Wildman–Crippen LogP) is 3.47. The molecule has 0 bridgehead atoms. The van der Waals surface area contributed by atoms with Crippen LogP contribution in [0.25, 0.3) is 0 Å². The van der Waals surface area contributed by atoms with E-state index < -0.39 is 0 Å². The van der Waals surface area contributed by atoms with Crippen LogP contribution in [0.1, 0.15) is 16.1 Å². The lowest BCUT2D eigenvalue weighted by molar-refractivity contribution is 0.101. The molecule has 0 saturated heterocycles. The maximum Gasteiger partial charge on any atom is 0.192 e. The molecule has 0 aliphatic carbocycles. The van der Waals surface area contributed by atoms with Crippen LogP contribution < -0.4 is 0 Å². The molecular weight excluding hydrogens is 312 g/mol. The number of ketones is 1. The van der Waals surface area contributed by atoms with Crippen molar-refractivity contribution in [3.8, 4) is 0 Å². The van der Waals surface area contributed by atoms with Gasteiger partial charge in [-0.05, 0) is 34.5 Å². The zero-order valence-corrected chi connectivity index (χ0v) is 12.6. The van der Waals surface area contributed by atoms with Crippen LogP contribution in [0.3, 0.4) is 0 Å². The normalized spacial score (nSPS) is 10.6. The molecule has 3 nitrogen and oxygen atoms in total. The van der Waals surface area contributed by atoms with Crippen molar-refractivity contribution in [2.45, 2.75) is 11.8 Å². The summed E-state index contributed by atoms with van der Waals surface area (Å²) in [6.45, 7) is 2.05. The molecule has 0 aliphatic heterocycles. The van der Waals surface area contributed by atoms with Gasteiger partial charge < -0.3 is 0 Å². The number of halogens is 1. The van der Waals surface area contributed by atoms with Crippen molar-refractivity contribution < 1.29 is 4.79 Å². The van der Waals surface area contributed by atoms with E-state index in [0.29, 0.717) is 11.4 Å². The van der Waals surface area contributed by atoms with Crippen LogP contribution in [0.5, 0.6) is 0 Å². The molecule has 18 heavy (non-hydrogen) atoms. The Hall–Kier alpha value is -1.07. The van der Waals surface area contributed by atoms with E-state index >= 15 is 0 Å². The highest BCUT2D eigenvalue weighted by Gasteiger charge is 2.15. The van der Waals surface area contributed by atoms with Crippen molar-refractivity contribution in [2.24, 2.45) is 7.05 Å². The quantitative estimate of drug-likeness (QED) is 0.638. The standard InChI is InChI=1S/C13H13BrN2OS/c1-9-5-3-4-6-12(9)18-8-11(17)13-10(14)7-15-16(13)2/h3-7H,8H2,1-2H3. The second-order valence-electron chi connectivity index (χ2n) is 3.94. The minimum absolute atomic E-state index is 0.0788. The first-order chi connectivity index (χ1) is 8.59. The van der Waals surface area contributed by atoms with E-state index in [-0.39, 0.29) is 5.78 Å². The van der Waals surface area contributed by atoms with Crippen LogP contribution in [0, 0.1) is 6.92 Å². The topological polar surface area (TPSA) is 34.9 Å². The highest BCUT2D eigenvalue weighted by atomic mass is 79.9. The van der Waals surface area contributed by atoms with Gasteiger partial charge in [0.25, 0.3) is 0 Å². The average Bonchev–Trinajstić information content (AvgIpc) is 2.68. The Bertz CT molecular complexity index is 561. The third-order valence-electron chi connectivity index (χ3n) is 2.61.